The Morgan fingerprint density at radius 1 is 1.25 bits per heavy atom. The van der Waals surface area contributed by atoms with Crippen molar-refractivity contribution in [2.45, 2.75) is 57.8 Å². The molecule has 0 bridgehead atoms. The van der Waals surface area contributed by atoms with E-state index in [2.05, 4.69) is 10.3 Å². The van der Waals surface area contributed by atoms with E-state index in [0.717, 1.165) is 19.3 Å². The molecule has 0 radical (unpaired) electrons. The standard InChI is InChI=1S/C19H26N2O7/c1-11-14(25-3)8-6-5-7-13(19(24)27-11)21-18(23)16-17(28-12(2)22)15(26-4)9-10-20-16/h9-11,13-14H,5-8H2,1-4H3,(H,21,23)/t11?,13-,14?/m0/s1. The van der Waals surface area contributed by atoms with E-state index >= 15 is 0 Å². The molecule has 0 aromatic carbocycles. The number of methoxy groups -OCH3 is 2. The molecule has 2 unspecified atom stereocenters. The molecule has 0 saturated carbocycles. The predicted octanol–water partition coefficient (Wildman–Crippen LogP) is 1.63. The zero-order chi connectivity index (χ0) is 20.7. The Hall–Kier alpha value is -2.68. The van der Waals surface area contributed by atoms with Gasteiger partial charge in [-0.25, -0.2) is 9.78 Å². The van der Waals surface area contributed by atoms with Crippen molar-refractivity contribution in [3.63, 3.8) is 0 Å². The van der Waals surface area contributed by atoms with Crippen molar-refractivity contribution in [2.24, 2.45) is 0 Å². The van der Waals surface area contributed by atoms with Crippen molar-refractivity contribution in [3.8, 4) is 11.5 Å². The van der Waals surface area contributed by atoms with Crippen molar-refractivity contribution in [2.75, 3.05) is 14.2 Å². The highest BCUT2D eigenvalue weighted by molar-refractivity contribution is 5.98. The van der Waals surface area contributed by atoms with E-state index in [1.54, 1.807) is 14.0 Å². The van der Waals surface area contributed by atoms with Crippen LogP contribution in [0.25, 0.3) is 0 Å². The van der Waals surface area contributed by atoms with Crippen LogP contribution in [0, 0.1) is 0 Å². The lowest BCUT2D eigenvalue weighted by Crippen LogP contribution is -2.44. The number of ether oxygens (including phenoxy) is 4. The predicted molar refractivity (Wildman–Crippen MR) is 98.2 cm³/mol. The maximum absolute atomic E-state index is 12.8. The Balaban J connectivity index is 2.21. The van der Waals surface area contributed by atoms with Crippen molar-refractivity contribution >= 4 is 17.8 Å². The summed E-state index contributed by atoms with van der Waals surface area (Å²) in [6.07, 6.45) is 3.47. The number of aromatic nitrogens is 1. The van der Waals surface area contributed by atoms with Crippen molar-refractivity contribution in [1.82, 2.24) is 10.3 Å². The van der Waals surface area contributed by atoms with Crippen LogP contribution in [-0.4, -0.2) is 55.3 Å². The monoisotopic (exact) mass is 394 g/mol. The summed E-state index contributed by atoms with van der Waals surface area (Å²) in [6.45, 7) is 2.97. The number of cyclic esters (lactones) is 1. The minimum Gasteiger partial charge on any atom is -0.493 e. The minimum absolute atomic E-state index is 0.0979. The van der Waals surface area contributed by atoms with E-state index in [0.29, 0.717) is 6.42 Å². The van der Waals surface area contributed by atoms with E-state index in [1.165, 1.54) is 26.3 Å². The first-order valence-corrected chi connectivity index (χ1v) is 9.13. The van der Waals surface area contributed by atoms with Gasteiger partial charge in [0, 0.05) is 26.3 Å². The number of hydrogen-bond donors (Lipinski definition) is 1. The number of nitrogens with zero attached hydrogens (tertiary/aromatic N) is 1. The van der Waals surface area contributed by atoms with Crippen molar-refractivity contribution < 1.29 is 33.3 Å². The van der Waals surface area contributed by atoms with Crippen LogP contribution in [0.2, 0.25) is 0 Å². The quantitative estimate of drug-likeness (QED) is 0.750. The highest BCUT2D eigenvalue weighted by Gasteiger charge is 2.31. The Morgan fingerprint density at radius 2 is 1.96 bits per heavy atom. The molecule has 1 fully saturated rings. The summed E-state index contributed by atoms with van der Waals surface area (Å²) < 4.78 is 21.1. The van der Waals surface area contributed by atoms with Crippen LogP contribution >= 0.6 is 0 Å². The fourth-order valence-electron chi connectivity index (χ4n) is 3.05. The first-order chi connectivity index (χ1) is 13.4. The molecule has 2 rings (SSSR count). The molecule has 0 aliphatic carbocycles. The van der Waals surface area contributed by atoms with E-state index in [1.807, 2.05) is 0 Å². The molecule has 1 saturated heterocycles. The first-order valence-electron chi connectivity index (χ1n) is 9.13. The average molecular weight is 394 g/mol. The van der Waals surface area contributed by atoms with Gasteiger partial charge in [0.25, 0.3) is 5.91 Å². The molecule has 3 atom stereocenters. The maximum Gasteiger partial charge on any atom is 0.329 e. The fraction of sp³-hybridized carbons (Fsp3) is 0.579. The first kappa shape index (κ1) is 21.6. The fourth-order valence-corrected chi connectivity index (χ4v) is 3.05. The van der Waals surface area contributed by atoms with Crippen LogP contribution in [0.1, 0.15) is 50.0 Å². The van der Waals surface area contributed by atoms with Gasteiger partial charge in [-0.1, -0.05) is 12.8 Å². The second-order valence-electron chi connectivity index (χ2n) is 6.51. The zero-order valence-electron chi connectivity index (χ0n) is 16.5. The van der Waals surface area contributed by atoms with Gasteiger partial charge < -0.3 is 24.3 Å². The molecule has 2 heterocycles. The number of nitrogens with one attached hydrogen (secondary N) is 1. The smallest absolute Gasteiger partial charge is 0.329 e. The molecule has 154 valence electrons. The molecule has 9 nitrogen and oxygen atoms in total. The molecule has 1 amide bonds. The second kappa shape index (κ2) is 10.0. The second-order valence-corrected chi connectivity index (χ2v) is 6.51. The average Bonchev–Trinajstić information content (AvgIpc) is 2.71. The number of carbonyl (C=O) groups is 3. The summed E-state index contributed by atoms with van der Waals surface area (Å²) in [7, 11) is 2.96. The molecular weight excluding hydrogens is 368 g/mol. The van der Waals surface area contributed by atoms with Gasteiger partial charge in [0.2, 0.25) is 5.75 Å². The minimum atomic E-state index is -0.844. The van der Waals surface area contributed by atoms with Gasteiger partial charge in [-0.05, 0) is 19.8 Å². The summed E-state index contributed by atoms with van der Waals surface area (Å²) in [6, 6.07) is 0.624. The van der Waals surface area contributed by atoms with Gasteiger partial charge in [0.05, 0.1) is 13.2 Å². The highest BCUT2D eigenvalue weighted by atomic mass is 16.6. The van der Waals surface area contributed by atoms with Crippen molar-refractivity contribution in [1.29, 1.82) is 0 Å². The lowest BCUT2D eigenvalue weighted by molar-refractivity contribution is -0.157. The van der Waals surface area contributed by atoms with Gasteiger partial charge in [0.15, 0.2) is 11.4 Å². The lowest BCUT2D eigenvalue weighted by Gasteiger charge is -2.23. The van der Waals surface area contributed by atoms with Crippen LogP contribution in [0.5, 0.6) is 11.5 Å². The molecule has 1 aromatic rings. The van der Waals surface area contributed by atoms with E-state index in [4.69, 9.17) is 18.9 Å². The van der Waals surface area contributed by atoms with Gasteiger partial charge in [-0.2, -0.15) is 0 Å². The SMILES string of the molecule is COc1ccnc(C(=O)N[C@H]2CCCCC(OC)C(C)OC2=O)c1OC(C)=O. The molecule has 1 aromatic heterocycles. The third kappa shape index (κ3) is 5.41. The zero-order valence-corrected chi connectivity index (χ0v) is 16.5. The maximum atomic E-state index is 12.8. The van der Waals surface area contributed by atoms with Crippen LogP contribution in [0.15, 0.2) is 12.3 Å². The number of pyridine rings is 1. The van der Waals surface area contributed by atoms with Gasteiger partial charge in [-0.3, -0.25) is 9.59 Å². The Kier molecular flexibility index (Phi) is 7.74. The Bertz CT molecular complexity index is 722. The van der Waals surface area contributed by atoms with Gasteiger partial charge >= 0.3 is 11.9 Å². The summed E-state index contributed by atoms with van der Waals surface area (Å²) in [5.74, 6) is -1.74. The Labute approximate surface area is 163 Å². The Morgan fingerprint density at radius 3 is 2.61 bits per heavy atom. The largest absolute Gasteiger partial charge is 0.493 e. The lowest BCUT2D eigenvalue weighted by atomic mass is 10.1. The number of esters is 2. The summed E-state index contributed by atoms with van der Waals surface area (Å²) in [4.78, 5) is 40.7. The third-order valence-corrected chi connectivity index (χ3v) is 4.50. The summed E-state index contributed by atoms with van der Waals surface area (Å²) in [5.41, 5.74) is -0.148. The van der Waals surface area contributed by atoms with Crippen LogP contribution in [0.3, 0.4) is 0 Å². The van der Waals surface area contributed by atoms with Crippen LogP contribution in [0.4, 0.5) is 0 Å². The van der Waals surface area contributed by atoms with Gasteiger partial charge in [-0.15, -0.1) is 0 Å². The van der Waals surface area contributed by atoms with E-state index in [-0.39, 0.29) is 23.3 Å². The highest BCUT2D eigenvalue weighted by Crippen LogP contribution is 2.30. The normalized spacial score (nSPS) is 22.9. The summed E-state index contributed by atoms with van der Waals surface area (Å²) >= 11 is 0. The number of hydrogen-bond acceptors (Lipinski definition) is 8. The number of carbonyl (C=O) groups excluding carboxylic acids is 3. The number of rotatable bonds is 5. The molecule has 1 aliphatic heterocycles. The van der Waals surface area contributed by atoms with E-state index in [9.17, 15) is 14.4 Å². The molecule has 1 aliphatic rings. The van der Waals surface area contributed by atoms with E-state index < -0.39 is 30.0 Å². The van der Waals surface area contributed by atoms with Crippen LogP contribution in [-0.2, 0) is 19.1 Å². The van der Waals surface area contributed by atoms with Crippen LogP contribution < -0.4 is 14.8 Å². The molecule has 9 heteroatoms. The van der Waals surface area contributed by atoms with Crippen molar-refractivity contribution in [3.05, 3.63) is 18.0 Å². The number of amides is 1. The molecular formula is C19H26N2O7. The molecule has 0 spiro atoms. The molecule has 1 N–H and O–H groups in total. The van der Waals surface area contributed by atoms with Gasteiger partial charge in [0.1, 0.15) is 12.1 Å². The molecule has 28 heavy (non-hydrogen) atoms. The summed E-state index contributed by atoms with van der Waals surface area (Å²) in [5, 5.41) is 2.64. The third-order valence-electron chi connectivity index (χ3n) is 4.50. The topological polar surface area (TPSA) is 113 Å².